The minimum atomic E-state index is -1.30. The van der Waals surface area contributed by atoms with Gasteiger partial charge in [0.15, 0.2) is 0 Å². The standard InChI is InChI=1S/C10H19N3O4/c1-10(2,3)5-12-9(17)13-6(8(15)16)4-7(11)14/h6H,4-5H2,1-3H3,(H2,11,14)(H,15,16)(H2,12,13,17). The number of rotatable bonds is 5. The molecule has 0 aliphatic carbocycles. The van der Waals surface area contributed by atoms with Gasteiger partial charge in [-0.25, -0.2) is 9.59 Å². The van der Waals surface area contributed by atoms with Crippen molar-refractivity contribution in [3.63, 3.8) is 0 Å². The summed E-state index contributed by atoms with van der Waals surface area (Å²) in [7, 11) is 0. The van der Waals surface area contributed by atoms with Crippen molar-refractivity contribution in [1.29, 1.82) is 0 Å². The van der Waals surface area contributed by atoms with E-state index in [0.717, 1.165) is 0 Å². The molecule has 0 bridgehead atoms. The van der Waals surface area contributed by atoms with Gasteiger partial charge >= 0.3 is 12.0 Å². The maximum atomic E-state index is 11.3. The summed E-state index contributed by atoms with van der Waals surface area (Å²) in [5.74, 6) is -2.08. The molecule has 0 saturated heterocycles. The van der Waals surface area contributed by atoms with Crippen LogP contribution in [0.2, 0.25) is 0 Å². The number of amides is 3. The molecule has 1 unspecified atom stereocenters. The highest BCUT2D eigenvalue weighted by Gasteiger charge is 2.22. The maximum Gasteiger partial charge on any atom is 0.326 e. The molecular weight excluding hydrogens is 226 g/mol. The first kappa shape index (κ1) is 15.2. The Balaban J connectivity index is 4.22. The third kappa shape index (κ3) is 8.06. The van der Waals surface area contributed by atoms with Crippen LogP contribution in [-0.2, 0) is 9.59 Å². The molecule has 0 aromatic carbocycles. The molecule has 1 atom stereocenters. The highest BCUT2D eigenvalue weighted by molar-refractivity contribution is 5.87. The number of carboxylic acids is 1. The molecule has 3 amide bonds. The molecule has 0 saturated carbocycles. The topological polar surface area (TPSA) is 122 Å². The molecule has 7 nitrogen and oxygen atoms in total. The minimum Gasteiger partial charge on any atom is -0.480 e. The van der Waals surface area contributed by atoms with Crippen LogP contribution in [0.5, 0.6) is 0 Å². The average molecular weight is 245 g/mol. The number of nitrogens with one attached hydrogen (secondary N) is 2. The van der Waals surface area contributed by atoms with Crippen LogP contribution in [0.15, 0.2) is 0 Å². The Morgan fingerprint density at radius 2 is 1.82 bits per heavy atom. The average Bonchev–Trinajstić information content (AvgIpc) is 2.11. The molecule has 17 heavy (non-hydrogen) atoms. The summed E-state index contributed by atoms with van der Waals surface area (Å²) in [6, 6.07) is -1.93. The van der Waals surface area contributed by atoms with Gasteiger partial charge in [-0.2, -0.15) is 0 Å². The second-order valence-electron chi connectivity index (χ2n) is 4.95. The summed E-state index contributed by atoms with van der Waals surface area (Å²) in [5, 5.41) is 13.4. The van der Waals surface area contributed by atoms with Gasteiger partial charge in [-0.15, -0.1) is 0 Å². The van der Waals surface area contributed by atoms with Crippen molar-refractivity contribution >= 4 is 17.9 Å². The van der Waals surface area contributed by atoms with Gasteiger partial charge in [0.2, 0.25) is 5.91 Å². The molecule has 0 aromatic heterocycles. The van der Waals surface area contributed by atoms with E-state index in [4.69, 9.17) is 10.8 Å². The Kier molecular flexibility index (Phi) is 5.43. The molecule has 5 N–H and O–H groups in total. The Morgan fingerprint density at radius 3 is 2.18 bits per heavy atom. The van der Waals surface area contributed by atoms with Crippen LogP contribution < -0.4 is 16.4 Å². The number of nitrogens with two attached hydrogens (primary N) is 1. The number of carbonyl (C=O) groups is 3. The van der Waals surface area contributed by atoms with E-state index in [2.05, 4.69) is 10.6 Å². The molecule has 98 valence electrons. The van der Waals surface area contributed by atoms with E-state index >= 15 is 0 Å². The van der Waals surface area contributed by atoms with Gasteiger partial charge in [0.25, 0.3) is 0 Å². The summed E-state index contributed by atoms with van der Waals surface area (Å²) in [5.41, 5.74) is 4.76. The van der Waals surface area contributed by atoms with E-state index in [1.807, 2.05) is 20.8 Å². The molecule has 0 fully saturated rings. The summed E-state index contributed by atoms with van der Waals surface area (Å²) in [4.78, 5) is 32.7. The van der Waals surface area contributed by atoms with Crippen LogP contribution in [0.3, 0.4) is 0 Å². The Labute approximate surface area is 99.7 Å². The second-order valence-corrected chi connectivity index (χ2v) is 4.95. The van der Waals surface area contributed by atoms with E-state index in [9.17, 15) is 14.4 Å². The van der Waals surface area contributed by atoms with E-state index in [1.165, 1.54) is 0 Å². The van der Waals surface area contributed by atoms with Crippen molar-refractivity contribution in [3.8, 4) is 0 Å². The Morgan fingerprint density at radius 1 is 1.29 bits per heavy atom. The van der Waals surface area contributed by atoms with Crippen molar-refractivity contribution in [2.75, 3.05) is 6.54 Å². The SMILES string of the molecule is CC(C)(C)CNC(=O)NC(CC(N)=O)C(=O)O. The normalized spacial score (nSPS) is 12.6. The smallest absolute Gasteiger partial charge is 0.326 e. The fraction of sp³-hybridized carbons (Fsp3) is 0.700. The van der Waals surface area contributed by atoms with Gasteiger partial charge in [-0.05, 0) is 5.41 Å². The monoisotopic (exact) mass is 245 g/mol. The van der Waals surface area contributed by atoms with Gasteiger partial charge in [-0.3, -0.25) is 4.79 Å². The third-order valence-corrected chi connectivity index (χ3v) is 1.79. The number of aliphatic carboxylic acids is 1. The molecule has 0 aliphatic heterocycles. The fourth-order valence-electron chi connectivity index (χ4n) is 0.956. The molecule has 0 aromatic rings. The van der Waals surface area contributed by atoms with Crippen molar-refractivity contribution in [2.24, 2.45) is 11.1 Å². The number of primary amides is 1. The van der Waals surface area contributed by atoms with Crippen LogP contribution in [0.25, 0.3) is 0 Å². The van der Waals surface area contributed by atoms with Crippen molar-refractivity contribution in [3.05, 3.63) is 0 Å². The summed E-state index contributed by atoms with van der Waals surface area (Å²) >= 11 is 0. The van der Waals surface area contributed by atoms with Crippen molar-refractivity contribution < 1.29 is 19.5 Å². The lowest BCUT2D eigenvalue weighted by Gasteiger charge is -2.20. The first-order valence-corrected chi connectivity index (χ1v) is 5.17. The van der Waals surface area contributed by atoms with Gasteiger partial charge in [0, 0.05) is 6.54 Å². The van der Waals surface area contributed by atoms with E-state index in [1.54, 1.807) is 0 Å². The number of carboxylic acid groups (broad SMARTS) is 1. The number of hydrogen-bond donors (Lipinski definition) is 4. The zero-order valence-corrected chi connectivity index (χ0v) is 10.2. The lowest BCUT2D eigenvalue weighted by Crippen LogP contribution is -2.49. The molecule has 0 rings (SSSR count). The molecule has 7 heteroatoms. The van der Waals surface area contributed by atoms with Gasteiger partial charge in [0.1, 0.15) is 6.04 Å². The minimum absolute atomic E-state index is 0.111. The van der Waals surface area contributed by atoms with Crippen LogP contribution >= 0.6 is 0 Å². The summed E-state index contributed by atoms with van der Waals surface area (Å²) in [6.45, 7) is 6.16. The first-order valence-electron chi connectivity index (χ1n) is 5.17. The fourth-order valence-corrected chi connectivity index (χ4v) is 0.956. The number of carbonyl (C=O) groups excluding carboxylic acids is 2. The van der Waals surface area contributed by atoms with Gasteiger partial charge in [-0.1, -0.05) is 20.8 Å². The zero-order valence-electron chi connectivity index (χ0n) is 10.2. The maximum absolute atomic E-state index is 11.3. The van der Waals surface area contributed by atoms with Crippen molar-refractivity contribution in [2.45, 2.75) is 33.2 Å². The predicted molar refractivity (Wildman–Crippen MR) is 61.2 cm³/mol. The third-order valence-electron chi connectivity index (χ3n) is 1.79. The molecule has 0 heterocycles. The van der Waals surface area contributed by atoms with Gasteiger partial charge in [0.05, 0.1) is 6.42 Å². The summed E-state index contributed by atoms with van der Waals surface area (Å²) < 4.78 is 0. The van der Waals surface area contributed by atoms with E-state index in [0.29, 0.717) is 6.54 Å². The van der Waals surface area contributed by atoms with Crippen molar-refractivity contribution in [1.82, 2.24) is 10.6 Å². The summed E-state index contributed by atoms with van der Waals surface area (Å²) in [6.07, 6.45) is -0.432. The molecular formula is C10H19N3O4. The Hall–Kier alpha value is -1.79. The van der Waals surface area contributed by atoms with E-state index < -0.39 is 30.4 Å². The lowest BCUT2D eigenvalue weighted by atomic mass is 9.97. The van der Waals surface area contributed by atoms with Crippen LogP contribution in [0.1, 0.15) is 27.2 Å². The largest absolute Gasteiger partial charge is 0.480 e. The molecule has 0 radical (unpaired) electrons. The highest BCUT2D eigenvalue weighted by atomic mass is 16.4. The Bertz CT molecular complexity index is 309. The number of urea groups is 1. The van der Waals surface area contributed by atoms with Crippen LogP contribution in [0, 0.1) is 5.41 Å². The zero-order chi connectivity index (χ0) is 13.6. The lowest BCUT2D eigenvalue weighted by molar-refractivity contribution is -0.140. The van der Waals surface area contributed by atoms with Gasteiger partial charge < -0.3 is 21.5 Å². The first-order chi connectivity index (χ1) is 7.61. The quantitative estimate of drug-likeness (QED) is 0.529. The second kappa shape index (κ2) is 6.07. The highest BCUT2D eigenvalue weighted by Crippen LogP contribution is 2.09. The number of hydrogen-bond acceptors (Lipinski definition) is 3. The molecule has 0 aliphatic rings. The van der Waals surface area contributed by atoms with Crippen LogP contribution in [0.4, 0.5) is 4.79 Å². The predicted octanol–water partition coefficient (Wildman–Crippen LogP) is -0.340. The molecule has 0 spiro atoms. The van der Waals surface area contributed by atoms with E-state index in [-0.39, 0.29) is 5.41 Å². The van der Waals surface area contributed by atoms with Crippen LogP contribution in [-0.4, -0.2) is 35.6 Å².